The van der Waals surface area contributed by atoms with E-state index in [1.54, 1.807) is 19.1 Å². The molecule has 1 aliphatic carbocycles. The highest BCUT2D eigenvalue weighted by atomic mass is 19.1. The normalized spacial score (nSPS) is 26.0. The molecule has 1 aromatic carbocycles. The summed E-state index contributed by atoms with van der Waals surface area (Å²) in [5.74, 6) is -1.26. The second kappa shape index (κ2) is 6.46. The third kappa shape index (κ3) is 3.10. The number of aryl methyl sites for hydroxylation is 1. The number of halogens is 1. The molecule has 134 valence electrons. The molecule has 0 aromatic heterocycles. The van der Waals surface area contributed by atoms with E-state index in [2.05, 4.69) is 10.6 Å². The van der Waals surface area contributed by atoms with Crippen molar-refractivity contribution in [3.8, 4) is 0 Å². The van der Waals surface area contributed by atoms with Crippen molar-refractivity contribution in [2.24, 2.45) is 5.92 Å². The summed E-state index contributed by atoms with van der Waals surface area (Å²) in [6.07, 6.45) is 3.37. The predicted molar refractivity (Wildman–Crippen MR) is 90.4 cm³/mol. The van der Waals surface area contributed by atoms with Gasteiger partial charge in [-0.15, -0.1) is 0 Å². The van der Waals surface area contributed by atoms with E-state index >= 15 is 0 Å². The molecule has 1 aromatic rings. The minimum atomic E-state index is -0.883. The molecule has 2 N–H and O–H groups in total. The molecular formula is C18H22FN3O3. The van der Waals surface area contributed by atoms with E-state index in [4.69, 9.17) is 0 Å². The van der Waals surface area contributed by atoms with E-state index in [1.165, 1.54) is 6.07 Å². The molecule has 4 amide bonds. The lowest BCUT2D eigenvalue weighted by atomic mass is 9.73. The van der Waals surface area contributed by atoms with E-state index in [1.807, 2.05) is 6.92 Å². The maximum atomic E-state index is 13.6. The van der Waals surface area contributed by atoms with Crippen LogP contribution in [0, 0.1) is 18.7 Å². The van der Waals surface area contributed by atoms with Crippen molar-refractivity contribution < 1.29 is 18.8 Å². The zero-order valence-electron chi connectivity index (χ0n) is 14.4. The second-order valence-electron chi connectivity index (χ2n) is 6.95. The number of rotatable bonds is 3. The van der Waals surface area contributed by atoms with E-state index in [0.717, 1.165) is 24.2 Å². The molecule has 6 nitrogen and oxygen atoms in total. The quantitative estimate of drug-likeness (QED) is 0.825. The van der Waals surface area contributed by atoms with Crippen molar-refractivity contribution in [1.82, 2.24) is 10.2 Å². The largest absolute Gasteiger partial charge is 0.325 e. The average molecular weight is 347 g/mol. The zero-order valence-corrected chi connectivity index (χ0v) is 14.4. The van der Waals surface area contributed by atoms with E-state index in [9.17, 15) is 18.8 Å². The van der Waals surface area contributed by atoms with Gasteiger partial charge in [0.1, 0.15) is 17.9 Å². The molecule has 1 saturated heterocycles. The van der Waals surface area contributed by atoms with Gasteiger partial charge >= 0.3 is 6.03 Å². The minimum Gasteiger partial charge on any atom is -0.324 e. The summed E-state index contributed by atoms with van der Waals surface area (Å²) in [4.78, 5) is 38.2. The highest BCUT2D eigenvalue weighted by molar-refractivity contribution is 6.10. The molecule has 1 saturated carbocycles. The smallest absolute Gasteiger partial charge is 0.324 e. The summed E-state index contributed by atoms with van der Waals surface area (Å²) in [6, 6.07) is 3.80. The number of anilines is 1. The topological polar surface area (TPSA) is 78.5 Å². The van der Waals surface area contributed by atoms with Gasteiger partial charge < -0.3 is 10.6 Å². The number of hydrogen-bond donors (Lipinski definition) is 2. The number of hydrogen-bond acceptors (Lipinski definition) is 3. The fourth-order valence-corrected chi connectivity index (χ4v) is 3.65. The molecule has 1 aliphatic heterocycles. The Bertz CT molecular complexity index is 736. The van der Waals surface area contributed by atoms with Gasteiger partial charge in [-0.1, -0.05) is 25.8 Å². The Hall–Kier alpha value is -2.44. The first-order valence-electron chi connectivity index (χ1n) is 8.53. The van der Waals surface area contributed by atoms with Crippen molar-refractivity contribution in [3.05, 3.63) is 29.6 Å². The predicted octanol–water partition coefficient (Wildman–Crippen LogP) is 2.57. The van der Waals surface area contributed by atoms with Crippen LogP contribution in [0.2, 0.25) is 0 Å². The standard InChI is InChI=1S/C18H22FN3O3/c1-11-6-7-13(9-14(11)19)20-15(23)10-22-16(24)18(21-17(22)25)8-4-3-5-12(18)2/h6-7,9,12H,3-5,8,10H2,1-2H3,(H,20,23)(H,21,25)/t12-,18+/m1/s1. The SMILES string of the molecule is Cc1ccc(NC(=O)CN2C(=O)N[C@]3(CCCC[C@H]3C)C2=O)cc1F. The Morgan fingerprint density at radius 3 is 2.84 bits per heavy atom. The summed E-state index contributed by atoms with van der Waals surface area (Å²) in [5.41, 5.74) is -0.118. The van der Waals surface area contributed by atoms with Crippen LogP contribution in [-0.2, 0) is 9.59 Å². The third-order valence-electron chi connectivity index (χ3n) is 5.26. The van der Waals surface area contributed by atoms with E-state index in [0.29, 0.717) is 17.7 Å². The van der Waals surface area contributed by atoms with Gasteiger partial charge in [0.2, 0.25) is 5.91 Å². The molecule has 2 atom stereocenters. The van der Waals surface area contributed by atoms with Crippen LogP contribution in [0.15, 0.2) is 18.2 Å². The molecule has 1 heterocycles. The summed E-state index contributed by atoms with van der Waals surface area (Å²) in [6.45, 7) is 3.20. The highest BCUT2D eigenvalue weighted by Gasteiger charge is 2.55. The van der Waals surface area contributed by atoms with Crippen molar-refractivity contribution in [3.63, 3.8) is 0 Å². The van der Waals surface area contributed by atoms with Gasteiger partial charge in [0.25, 0.3) is 5.91 Å². The molecule has 25 heavy (non-hydrogen) atoms. The molecule has 3 rings (SSSR count). The van der Waals surface area contributed by atoms with Gasteiger partial charge in [-0.05, 0) is 43.4 Å². The van der Waals surface area contributed by atoms with Crippen LogP contribution in [-0.4, -0.2) is 34.8 Å². The first kappa shape index (κ1) is 17.4. The maximum Gasteiger partial charge on any atom is 0.325 e. The van der Waals surface area contributed by atoms with Gasteiger partial charge in [-0.3, -0.25) is 14.5 Å². The Morgan fingerprint density at radius 2 is 2.16 bits per heavy atom. The van der Waals surface area contributed by atoms with Crippen LogP contribution in [0.3, 0.4) is 0 Å². The van der Waals surface area contributed by atoms with Crippen molar-refractivity contribution in [2.45, 2.75) is 45.1 Å². The van der Waals surface area contributed by atoms with Crippen LogP contribution in [0.25, 0.3) is 0 Å². The molecule has 2 fully saturated rings. The highest BCUT2D eigenvalue weighted by Crippen LogP contribution is 2.38. The number of urea groups is 1. The second-order valence-corrected chi connectivity index (χ2v) is 6.95. The minimum absolute atomic E-state index is 0.0388. The number of carbonyl (C=O) groups excluding carboxylic acids is 3. The Balaban J connectivity index is 1.69. The summed E-state index contributed by atoms with van der Waals surface area (Å²) in [7, 11) is 0. The van der Waals surface area contributed by atoms with Crippen LogP contribution < -0.4 is 10.6 Å². The van der Waals surface area contributed by atoms with Crippen LogP contribution >= 0.6 is 0 Å². The van der Waals surface area contributed by atoms with Gasteiger partial charge in [-0.25, -0.2) is 9.18 Å². The Morgan fingerprint density at radius 1 is 1.40 bits per heavy atom. The van der Waals surface area contributed by atoms with Gasteiger partial charge in [0.15, 0.2) is 0 Å². The lowest BCUT2D eigenvalue weighted by Gasteiger charge is -2.36. The van der Waals surface area contributed by atoms with E-state index < -0.39 is 23.3 Å². The third-order valence-corrected chi connectivity index (χ3v) is 5.26. The number of benzene rings is 1. The van der Waals surface area contributed by atoms with Gasteiger partial charge in [-0.2, -0.15) is 0 Å². The Labute approximate surface area is 145 Å². The molecule has 0 radical (unpaired) electrons. The molecular weight excluding hydrogens is 325 g/mol. The lowest BCUT2D eigenvalue weighted by Crippen LogP contribution is -2.54. The monoisotopic (exact) mass is 347 g/mol. The average Bonchev–Trinajstić information content (AvgIpc) is 2.79. The fraction of sp³-hybridized carbons (Fsp3) is 0.500. The van der Waals surface area contributed by atoms with Crippen LogP contribution in [0.4, 0.5) is 14.9 Å². The lowest BCUT2D eigenvalue weighted by molar-refractivity contribution is -0.136. The number of nitrogens with one attached hydrogen (secondary N) is 2. The molecule has 0 unspecified atom stereocenters. The van der Waals surface area contributed by atoms with Gasteiger partial charge in [0, 0.05) is 5.69 Å². The Kier molecular flexibility index (Phi) is 4.49. The number of nitrogens with zero attached hydrogens (tertiary/aromatic N) is 1. The first-order chi connectivity index (χ1) is 11.8. The first-order valence-corrected chi connectivity index (χ1v) is 8.53. The van der Waals surface area contributed by atoms with Crippen LogP contribution in [0.1, 0.15) is 38.2 Å². The van der Waals surface area contributed by atoms with Crippen molar-refractivity contribution >= 4 is 23.5 Å². The number of imide groups is 1. The van der Waals surface area contributed by atoms with Crippen LogP contribution in [0.5, 0.6) is 0 Å². The number of amides is 4. The van der Waals surface area contributed by atoms with Crippen molar-refractivity contribution in [1.29, 1.82) is 0 Å². The molecule has 2 aliphatic rings. The zero-order chi connectivity index (χ0) is 18.2. The van der Waals surface area contributed by atoms with E-state index in [-0.39, 0.29) is 18.4 Å². The summed E-state index contributed by atoms with van der Waals surface area (Å²) < 4.78 is 13.6. The maximum absolute atomic E-state index is 13.6. The van der Waals surface area contributed by atoms with Gasteiger partial charge in [0.05, 0.1) is 0 Å². The molecule has 7 heteroatoms. The summed E-state index contributed by atoms with van der Waals surface area (Å²) in [5, 5.41) is 5.33. The molecule has 1 spiro atoms. The molecule has 0 bridgehead atoms. The fourth-order valence-electron chi connectivity index (χ4n) is 3.65. The number of carbonyl (C=O) groups is 3. The summed E-state index contributed by atoms with van der Waals surface area (Å²) >= 11 is 0. The van der Waals surface area contributed by atoms with Crippen molar-refractivity contribution in [2.75, 3.05) is 11.9 Å².